The van der Waals surface area contributed by atoms with Crippen LogP contribution in [0.5, 0.6) is 0 Å². The predicted octanol–water partition coefficient (Wildman–Crippen LogP) is 1.22. The van der Waals surface area contributed by atoms with Gasteiger partial charge in [-0.1, -0.05) is 49.0 Å². The predicted molar refractivity (Wildman–Crippen MR) is 70.3 cm³/mol. The molecule has 0 spiro atoms. The lowest BCUT2D eigenvalue weighted by molar-refractivity contribution is 0.192. The van der Waals surface area contributed by atoms with Crippen LogP contribution in [0.4, 0.5) is 0 Å². The van der Waals surface area contributed by atoms with Crippen molar-refractivity contribution in [1.29, 1.82) is 0 Å². The first kappa shape index (κ1) is 12.4. The summed E-state index contributed by atoms with van der Waals surface area (Å²) in [5.74, 6) is 0. The van der Waals surface area contributed by atoms with Crippen LogP contribution in [0.15, 0.2) is 30.3 Å². The van der Waals surface area contributed by atoms with Crippen LogP contribution in [0, 0.1) is 0 Å². The number of hydrogen-bond acceptors (Lipinski definition) is 1. The molecule has 0 atom stereocenters. The maximum atomic E-state index is 5.42. The van der Waals surface area contributed by atoms with Crippen molar-refractivity contribution >= 4 is 26.3 Å². The Bertz CT molecular complexity index is 253. The second-order valence-corrected chi connectivity index (χ2v) is 3.60. The average Bonchev–Trinajstić information content (AvgIpc) is 2.31. The molecule has 2 radical (unpaired) electrons. The lowest BCUT2D eigenvalue weighted by atomic mass is 9.07. The molecule has 1 aromatic rings. The van der Waals surface area contributed by atoms with Crippen LogP contribution in [0.3, 0.4) is 0 Å². The van der Waals surface area contributed by atoms with E-state index in [0.29, 0.717) is 6.60 Å². The largest absolute Gasteiger partial charge is 0.391 e. The summed E-state index contributed by atoms with van der Waals surface area (Å²) in [6.07, 6.45) is 1.13. The average molecular weight is 198 g/mol. The van der Waals surface area contributed by atoms with E-state index in [4.69, 9.17) is 4.74 Å². The van der Waals surface area contributed by atoms with E-state index in [0.717, 1.165) is 19.4 Å². The van der Waals surface area contributed by atoms with Gasteiger partial charge >= 0.3 is 0 Å². The van der Waals surface area contributed by atoms with Crippen molar-refractivity contribution in [3.63, 3.8) is 0 Å². The van der Waals surface area contributed by atoms with Gasteiger partial charge in [-0.3, -0.25) is 0 Å². The Morgan fingerprint density at radius 2 is 1.93 bits per heavy atom. The molecule has 76 valence electrons. The van der Waals surface area contributed by atoms with E-state index < -0.39 is 0 Å². The van der Waals surface area contributed by atoms with Gasteiger partial charge in [0.2, 0.25) is 0 Å². The normalized spacial score (nSPS) is 9.73. The molecule has 1 rings (SSSR count). The molecule has 4 heteroatoms. The molecule has 0 bridgehead atoms. The van der Waals surface area contributed by atoms with Crippen molar-refractivity contribution in [2.75, 3.05) is 13.1 Å². The third kappa shape index (κ3) is 5.13. The smallest absolute Gasteiger partial charge is 0.124 e. The van der Waals surface area contributed by atoms with E-state index in [-0.39, 0.29) is 0 Å². The zero-order chi connectivity index (χ0) is 10.9. The molecule has 0 aromatic heterocycles. The van der Waals surface area contributed by atoms with Crippen LogP contribution >= 0.6 is 0 Å². The van der Waals surface area contributed by atoms with Crippen LogP contribution in [0.1, 0.15) is 13.8 Å². The standard InChI is InChI=1S/C11H17B3O/c1-3-14(10-15-4-2)13-12-11-8-6-5-7-9-11/h5-9H,3-4,10H2,1-2H3. The van der Waals surface area contributed by atoms with E-state index in [1.165, 1.54) is 5.46 Å². The summed E-state index contributed by atoms with van der Waals surface area (Å²) in [5, 5.41) is 0. The monoisotopic (exact) mass is 198 g/mol. The molecule has 0 unspecified atom stereocenters. The van der Waals surface area contributed by atoms with Crippen LogP contribution in [-0.4, -0.2) is 33.9 Å². The molecular formula is C11H17B3O. The van der Waals surface area contributed by atoms with E-state index in [1.807, 2.05) is 13.0 Å². The number of hydrogen-bond donors (Lipinski definition) is 0. The van der Waals surface area contributed by atoms with Gasteiger partial charge in [0.05, 0.1) is 7.17 Å². The van der Waals surface area contributed by atoms with Crippen LogP contribution in [0.25, 0.3) is 0 Å². The molecule has 0 aliphatic rings. The van der Waals surface area contributed by atoms with Gasteiger partial charge in [-0.25, -0.2) is 0 Å². The van der Waals surface area contributed by atoms with Crippen molar-refractivity contribution < 1.29 is 4.74 Å². The Kier molecular flexibility index (Phi) is 6.34. The second-order valence-electron chi connectivity index (χ2n) is 3.60. The summed E-state index contributed by atoms with van der Waals surface area (Å²) in [5.41, 5.74) is 1.26. The highest BCUT2D eigenvalue weighted by Gasteiger charge is 2.11. The molecule has 0 heterocycles. The first-order chi connectivity index (χ1) is 7.36. The van der Waals surface area contributed by atoms with Crippen LogP contribution in [0.2, 0.25) is 6.32 Å². The SMILES string of the molecule is CCOCB([B][B]c1ccccc1)CC. The first-order valence-electron chi connectivity index (χ1n) is 5.67. The maximum absolute atomic E-state index is 5.42. The fourth-order valence-corrected chi connectivity index (χ4v) is 1.39. The van der Waals surface area contributed by atoms with Crippen LogP contribution < -0.4 is 5.46 Å². The fraction of sp³-hybridized carbons (Fsp3) is 0.455. The Labute approximate surface area is 95.1 Å². The summed E-state index contributed by atoms with van der Waals surface area (Å²) >= 11 is 0. The van der Waals surface area contributed by atoms with Crippen molar-refractivity contribution in [1.82, 2.24) is 0 Å². The molecule has 0 saturated heterocycles. The van der Waals surface area contributed by atoms with Crippen molar-refractivity contribution in [3.8, 4) is 0 Å². The zero-order valence-electron chi connectivity index (χ0n) is 9.65. The molecule has 0 aliphatic carbocycles. The topological polar surface area (TPSA) is 9.23 Å². The van der Waals surface area contributed by atoms with E-state index in [2.05, 4.69) is 45.4 Å². The highest BCUT2D eigenvalue weighted by atomic mass is 16.5. The number of rotatable bonds is 7. The molecule has 0 amide bonds. The third-order valence-electron chi connectivity index (χ3n) is 2.42. The number of ether oxygens (including phenoxy) is 1. The fourth-order valence-electron chi connectivity index (χ4n) is 1.39. The second kappa shape index (κ2) is 7.64. The Morgan fingerprint density at radius 3 is 2.53 bits per heavy atom. The van der Waals surface area contributed by atoms with Gasteiger partial charge in [-0.2, -0.15) is 0 Å². The Balaban J connectivity index is 2.28. The summed E-state index contributed by atoms with van der Waals surface area (Å²) in [4.78, 5) is 0. The highest BCUT2D eigenvalue weighted by molar-refractivity contribution is 7.38. The van der Waals surface area contributed by atoms with Crippen molar-refractivity contribution in [3.05, 3.63) is 30.3 Å². The zero-order valence-corrected chi connectivity index (χ0v) is 9.65. The molecule has 15 heavy (non-hydrogen) atoms. The van der Waals surface area contributed by atoms with Gasteiger partial charge in [0.15, 0.2) is 0 Å². The molecular weight excluding hydrogens is 181 g/mol. The first-order valence-corrected chi connectivity index (χ1v) is 5.67. The molecule has 0 aliphatic heterocycles. The van der Waals surface area contributed by atoms with Gasteiger partial charge in [0, 0.05) is 20.2 Å². The van der Waals surface area contributed by atoms with Crippen molar-refractivity contribution in [2.45, 2.75) is 20.2 Å². The van der Waals surface area contributed by atoms with Gasteiger partial charge in [0.1, 0.15) is 6.60 Å². The molecule has 1 nitrogen and oxygen atoms in total. The summed E-state index contributed by atoms with van der Waals surface area (Å²) in [6.45, 7) is 6.39. The van der Waals surface area contributed by atoms with Gasteiger partial charge in [-0.15, -0.1) is 0 Å². The highest BCUT2D eigenvalue weighted by Crippen LogP contribution is 1.91. The van der Waals surface area contributed by atoms with E-state index >= 15 is 0 Å². The Morgan fingerprint density at radius 1 is 1.20 bits per heavy atom. The van der Waals surface area contributed by atoms with E-state index in [1.54, 1.807) is 0 Å². The van der Waals surface area contributed by atoms with E-state index in [9.17, 15) is 0 Å². The summed E-state index contributed by atoms with van der Waals surface area (Å²) in [6, 6.07) is 10.4. The summed E-state index contributed by atoms with van der Waals surface area (Å²) < 4.78 is 5.42. The minimum Gasteiger partial charge on any atom is -0.391 e. The Hall–Kier alpha value is -0.625. The van der Waals surface area contributed by atoms with Crippen molar-refractivity contribution in [2.24, 2.45) is 0 Å². The van der Waals surface area contributed by atoms with Gasteiger partial charge in [0.25, 0.3) is 0 Å². The number of benzene rings is 1. The molecule has 1 aromatic carbocycles. The quantitative estimate of drug-likeness (QED) is 0.598. The molecule has 0 fully saturated rings. The van der Waals surface area contributed by atoms with Gasteiger partial charge < -0.3 is 4.74 Å². The lowest BCUT2D eigenvalue weighted by Crippen LogP contribution is -2.36. The minimum absolute atomic E-state index is 0.533. The molecule has 0 saturated carbocycles. The summed E-state index contributed by atoms with van der Waals surface area (Å²) in [7, 11) is 4.41. The third-order valence-corrected chi connectivity index (χ3v) is 2.42. The lowest BCUT2D eigenvalue weighted by Gasteiger charge is -2.09. The maximum Gasteiger partial charge on any atom is 0.124 e. The molecule has 0 N–H and O–H groups in total. The van der Waals surface area contributed by atoms with Crippen LogP contribution in [-0.2, 0) is 4.74 Å². The van der Waals surface area contributed by atoms with Gasteiger partial charge in [-0.05, 0) is 6.92 Å². The minimum atomic E-state index is 0.533.